The molecule has 6 nitrogen and oxygen atoms in total. The summed E-state index contributed by atoms with van der Waals surface area (Å²) in [6, 6.07) is 3.48. The molecule has 0 saturated carbocycles. The van der Waals surface area contributed by atoms with E-state index >= 15 is 0 Å². The van der Waals surface area contributed by atoms with Crippen molar-refractivity contribution in [2.45, 2.75) is 37.5 Å². The SMILES string of the molecule is Cc1nc(N2CCN(C(=O)c3cc(S(C)(=O)=O)ccc3C[C@H](C)C(F)(F)F)CC2)sc1C(F)(F)F. The first-order valence-electron chi connectivity index (χ1n) is 10.5. The first-order valence-corrected chi connectivity index (χ1v) is 13.2. The highest BCUT2D eigenvalue weighted by atomic mass is 32.2. The predicted molar refractivity (Wildman–Crippen MR) is 118 cm³/mol. The molecular formula is C21H23F6N3O3S2. The maximum absolute atomic E-state index is 13.2. The summed E-state index contributed by atoms with van der Waals surface area (Å²) in [6.45, 7) is 2.72. The molecule has 0 bridgehead atoms. The number of anilines is 1. The Morgan fingerprint density at radius 1 is 1.11 bits per heavy atom. The molecule has 1 atom stereocenters. The summed E-state index contributed by atoms with van der Waals surface area (Å²) in [5.74, 6) is -2.39. The number of piperazine rings is 1. The zero-order valence-corrected chi connectivity index (χ0v) is 20.6. The fourth-order valence-corrected chi connectivity index (χ4v) is 5.29. The molecule has 194 valence electrons. The number of amides is 1. The molecule has 3 rings (SSSR count). The fraction of sp³-hybridized carbons (Fsp3) is 0.524. The number of carbonyl (C=O) groups is 1. The lowest BCUT2D eigenvalue weighted by atomic mass is 9.95. The van der Waals surface area contributed by atoms with E-state index in [0.29, 0.717) is 11.3 Å². The number of hydrogen-bond donors (Lipinski definition) is 0. The Hall–Kier alpha value is -2.35. The molecule has 1 fully saturated rings. The van der Waals surface area contributed by atoms with Crippen LogP contribution in [0.1, 0.15) is 33.4 Å². The second-order valence-electron chi connectivity index (χ2n) is 8.43. The van der Waals surface area contributed by atoms with Gasteiger partial charge >= 0.3 is 12.4 Å². The van der Waals surface area contributed by atoms with Crippen LogP contribution in [0.15, 0.2) is 23.1 Å². The second kappa shape index (κ2) is 9.60. The Morgan fingerprint density at radius 3 is 2.20 bits per heavy atom. The molecule has 0 aliphatic carbocycles. The van der Waals surface area contributed by atoms with Gasteiger partial charge in [-0.05, 0) is 31.0 Å². The maximum Gasteiger partial charge on any atom is 0.427 e. The quantitative estimate of drug-likeness (QED) is 0.517. The Kier molecular flexibility index (Phi) is 7.47. The van der Waals surface area contributed by atoms with Crippen LogP contribution in [-0.2, 0) is 22.4 Å². The van der Waals surface area contributed by atoms with Crippen LogP contribution in [0.3, 0.4) is 0 Å². The molecule has 0 N–H and O–H groups in total. The van der Waals surface area contributed by atoms with Crippen LogP contribution in [0, 0.1) is 12.8 Å². The van der Waals surface area contributed by atoms with Gasteiger partial charge in [-0.15, -0.1) is 0 Å². The van der Waals surface area contributed by atoms with E-state index in [-0.39, 0.29) is 53.0 Å². The van der Waals surface area contributed by atoms with E-state index in [2.05, 4.69) is 4.98 Å². The maximum atomic E-state index is 13.2. The summed E-state index contributed by atoms with van der Waals surface area (Å²) in [6.07, 6.45) is -8.60. The molecule has 35 heavy (non-hydrogen) atoms. The van der Waals surface area contributed by atoms with Crippen LogP contribution in [0.5, 0.6) is 0 Å². The lowest BCUT2D eigenvalue weighted by molar-refractivity contribution is -0.169. The van der Waals surface area contributed by atoms with Crippen molar-refractivity contribution >= 4 is 32.2 Å². The van der Waals surface area contributed by atoms with E-state index in [1.165, 1.54) is 24.0 Å². The number of sulfone groups is 1. The Balaban J connectivity index is 1.82. The molecule has 1 amide bonds. The smallest absolute Gasteiger partial charge is 0.345 e. The van der Waals surface area contributed by atoms with Crippen LogP contribution in [0.25, 0.3) is 0 Å². The monoisotopic (exact) mass is 543 g/mol. The number of carbonyl (C=O) groups excluding carboxylic acids is 1. The summed E-state index contributed by atoms with van der Waals surface area (Å²) in [5.41, 5.74) is -0.209. The normalized spacial score (nSPS) is 16.5. The average Bonchev–Trinajstić information content (AvgIpc) is 3.14. The number of thiazole rings is 1. The van der Waals surface area contributed by atoms with E-state index in [0.717, 1.165) is 19.2 Å². The van der Waals surface area contributed by atoms with Gasteiger partial charge in [-0.1, -0.05) is 24.3 Å². The van der Waals surface area contributed by atoms with Gasteiger partial charge in [0.15, 0.2) is 15.0 Å². The first kappa shape index (κ1) is 27.2. The van der Waals surface area contributed by atoms with Gasteiger partial charge in [-0.3, -0.25) is 4.79 Å². The van der Waals surface area contributed by atoms with E-state index in [9.17, 15) is 39.6 Å². The van der Waals surface area contributed by atoms with Gasteiger partial charge in [0.2, 0.25) is 0 Å². The highest BCUT2D eigenvalue weighted by Gasteiger charge is 2.38. The van der Waals surface area contributed by atoms with Gasteiger partial charge < -0.3 is 9.80 Å². The minimum Gasteiger partial charge on any atom is -0.345 e. The van der Waals surface area contributed by atoms with E-state index < -0.39 is 45.3 Å². The van der Waals surface area contributed by atoms with E-state index in [1.54, 1.807) is 4.90 Å². The number of hydrogen-bond acceptors (Lipinski definition) is 6. The van der Waals surface area contributed by atoms with Crippen molar-refractivity contribution in [1.29, 1.82) is 0 Å². The number of benzene rings is 1. The van der Waals surface area contributed by atoms with Crippen molar-refractivity contribution < 1.29 is 39.6 Å². The summed E-state index contributed by atoms with van der Waals surface area (Å²) in [5, 5.41) is 0.167. The zero-order chi connectivity index (χ0) is 26.3. The highest BCUT2D eigenvalue weighted by Crippen LogP contribution is 2.39. The molecule has 2 aromatic rings. The van der Waals surface area contributed by atoms with Crippen LogP contribution < -0.4 is 4.90 Å². The number of nitrogens with zero attached hydrogens (tertiary/aromatic N) is 3. The van der Waals surface area contributed by atoms with Gasteiger partial charge in [0, 0.05) is 38.0 Å². The fourth-order valence-electron chi connectivity index (χ4n) is 3.66. The topological polar surface area (TPSA) is 70.6 Å². The minimum atomic E-state index is -4.52. The molecule has 0 radical (unpaired) electrons. The standard InChI is InChI=1S/C21H23F6N3O3S2/c1-12(20(22,23)24)10-14-4-5-15(35(3,32)33)11-16(14)18(31)29-6-8-30(9-7-29)19-28-13(2)17(34-19)21(25,26)27/h4-5,11-12H,6-10H2,1-3H3/t12-/m0/s1. The number of alkyl halides is 6. The highest BCUT2D eigenvalue weighted by molar-refractivity contribution is 7.90. The molecular weight excluding hydrogens is 520 g/mol. The van der Waals surface area contributed by atoms with Gasteiger partial charge in [0.05, 0.1) is 16.5 Å². The molecule has 1 aromatic heterocycles. The summed E-state index contributed by atoms with van der Waals surface area (Å²) in [7, 11) is -3.72. The molecule has 0 unspecified atom stereocenters. The van der Waals surface area contributed by atoms with Crippen molar-refractivity contribution in [3.05, 3.63) is 39.9 Å². The van der Waals surface area contributed by atoms with E-state index in [1.807, 2.05) is 0 Å². The number of halogens is 6. The average molecular weight is 544 g/mol. The lowest BCUT2D eigenvalue weighted by Crippen LogP contribution is -2.49. The van der Waals surface area contributed by atoms with Gasteiger partial charge in [-0.2, -0.15) is 26.3 Å². The van der Waals surface area contributed by atoms with Crippen molar-refractivity contribution in [2.24, 2.45) is 5.92 Å². The lowest BCUT2D eigenvalue weighted by Gasteiger charge is -2.35. The Morgan fingerprint density at radius 2 is 1.71 bits per heavy atom. The second-order valence-corrected chi connectivity index (χ2v) is 11.4. The molecule has 1 saturated heterocycles. The van der Waals surface area contributed by atoms with Gasteiger partial charge in [0.1, 0.15) is 4.88 Å². The molecule has 1 aliphatic rings. The van der Waals surface area contributed by atoms with Crippen molar-refractivity contribution in [2.75, 3.05) is 37.3 Å². The largest absolute Gasteiger partial charge is 0.427 e. The van der Waals surface area contributed by atoms with Crippen molar-refractivity contribution in [1.82, 2.24) is 9.88 Å². The molecule has 0 spiro atoms. The Bertz CT molecular complexity index is 1200. The van der Waals surface area contributed by atoms with Crippen molar-refractivity contribution in [3.8, 4) is 0 Å². The van der Waals surface area contributed by atoms with Crippen LogP contribution in [-0.4, -0.2) is 62.8 Å². The third-order valence-corrected chi connectivity index (χ3v) is 8.08. The van der Waals surface area contributed by atoms with Gasteiger partial charge in [0.25, 0.3) is 5.91 Å². The zero-order valence-electron chi connectivity index (χ0n) is 19.0. The molecule has 14 heteroatoms. The first-order chi connectivity index (χ1) is 16.0. The van der Waals surface area contributed by atoms with E-state index in [4.69, 9.17) is 0 Å². The van der Waals surface area contributed by atoms with Gasteiger partial charge in [-0.25, -0.2) is 13.4 Å². The minimum absolute atomic E-state index is 0.0695. The van der Waals surface area contributed by atoms with Crippen molar-refractivity contribution in [3.63, 3.8) is 0 Å². The van der Waals surface area contributed by atoms with Crippen LogP contribution in [0.4, 0.5) is 31.5 Å². The molecule has 1 aromatic carbocycles. The molecule has 2 heterocycles. The third-order valence-electron chi connectivity index (χ3n) is 5.70. The van der Waals surface area contributed by atoms with Crippen LogP contribution >= 0.6 is 11.3 Å². The third kappa shape index (κ3) is 6.26. The predicted octanol–water partition coefficient (Wildman–Crippen LogP) is 4.58. The number of rotatable bonds is 5. The Labute approximate surface area is 202 Å². The summed E-state index contributed by atoms with van der Waals surface area (Å²) < 4.78 is 103. The summed E-state index contributed by atoms with van der Waals surface area (Å²) >= 11 is 0.508. The number of aryl methyl sites for hydroxylation is 1. The number of aromatic nitrogens is 1. The molecule has 1 aliphatic heterocycles. The van der Waals surface area contributed by atoms with Crippen LogP contribution in [0.2, 0.25) is 0 Å². The summed E-state index contributed by atoms with van der Waals surface area (Å²) in [4.78, 5) is 19.2.